The van der Waals surface area contributed by atoms with Gasteiger partial charge in [0.2, 0.25) is 0 Å². The van der Waals surface area contributed by atoms with E-state index in [1.165, 1.54) is 7.05 Å². The lowest BCUT2D eigenvalue weighted by Crippen LogP contribution is -2.35. The lowest BCUT2D eigenvalue weighted by atomic mass is 10.4. The van der Waals surface area contributed by atoms with Gasteiger partial charge in [-0.05, 0) is 12.1 Å². The molecule has 0 saturated heterocycles. The summed E-state index contributed by atoms with van der Waals surface area (Å²) in [6, 6.07) is 5.52. The molecule has 1 heterocycles. The normalized spacial score (nSPS) is 9.86. The maximum absolute atomic E-state index is 11.0. The first-order valence-corrected chi connectivity index (χ1v) is 4.19. The van der Waals surface area contributed by atoms with E-state index in [0.717, 1.165) is 10.7 Å². The number of ether oxygens (including phenoxy) is 1. The van der Waals surface area contributed by atoms with E-state index in [1.807, 2.05) is 18.2 Å². The highest BCUT2D eigenvalue weighted by Gasteiger charge is 2.03. The smallest absolute Gasteiger partial charge is 0.262 e. The van der Waals surface area contributed by atoms with Crippen LogP contribution in [-0.2, 0) is 16.1 Å². The molecule has 76 valence electrons. The van der Waals surface area contributed by atoms with Crippen LogP contribution in [0.2, 0.25) is 0 Å². The maximum atomic E-state index is 11.0. The fourth-order valence-electron chi connectivity index (χ4n) is 0.828. The van der Waals surface area contributed by atoms with Crippen molar-refractivity contribution in [3.05, 3.63) is 30.1 Å². The monoisotopic (exact) mass is 195 g/mol. The van der Waals surface area contributed by atoms with Gasteiger partial charge in [-0.25, -0.2) is 5.84 Å². The summed E-state index contributed by atoms with van der Waals surface area (Å²) in [7, 11) is 1.48. The molecular formula is C9H13N3O2. The zero-order valence-electron chi connectivity index (χ0n) is 8.01. The van der Waals surface area contributed by atoms with Crippen LogP contribution < -0.4 is 5.84 Å². The number of pyridine rings is 1. The Labute approximate surface area is 82.5 Å². The van der Waals surface area contributed by atoms with Gasteiger partial charge in [-0.3, -0.25) is 14.8 Å². The van der Waals surface area contributed by atoms with Crippen LogP contribution in [0.5, 0.6) is 0 Å². The second-order valence-corrected chi connectivity index (χ2v) is 2.82. The molecule has 1 amide bonds. The van der Waals surface area contributed by atoms with Gasteiger partial charge in [0, 0.05) is 13.2 Å². The molecule has 2 N–H and O–H groups in total. The quantitative estimate of drug-likeness (QED) is 0.415. The molecule has 1 aromatic rings. The Kier molecular flexibility index (Phi) is 4.03. The van der Waals surface area contributed by atoms with Crippen molar-refractivity contribution in [2.24, 2.45) is 5.84 Å². The largest absolute Gasteiger partial charge is 0.365 e. The third-order valence-corrected chi connectivity index (χ3v) is 1.60. The van der Waals surface area contributed by atoms with Gasteiger partial charge in [-0.2, -0.15) is 0 Å². The number of amides is 1. The average Bonchev–Trinajstić information content (AvgIpc) is 2.19. The summed E-state index contributed by atoms with van der Waals surface area (Å²) in [6.45, 7) is 0.296. The highest BCUT2D eigenvalue weighted by molar-refractivity contribution is 5.76. The molecule has 0 aromatic carbocycles. The molecule has 5 heteroatoms. The van der Waals surface area contributed by atoms with Crippen molar-refractivity contribution in [3.63, 3.8) is 0 Å². The van der Waals surface area contributed by atoms with Crippen molar-refractivity contribution >= 4 is 5.91 Å². The Hall–Kier alpha value is -1.46. The molecule has 0 fully saturated rings. The minimum Gasteiger partial charge on any atom is -0.365 e. The molecule has 0 saturated carbocycles. The van der Waals surface area contributed by atoms with Crippen molar-refractivity contribution in [2.75, 3.05) is 13.7 Å². The lowest BCUT2D eigenvalue weighted by molar-refractivity contribution is -0.135. The molecule has 14 heavy (non-hydrogen) atoms. The number of carbonyl (C=O) groups is 1. The molecule has 0 aliphatic rings. The van der Waals surface area contributed by atoms with E-state index in [1.54, 1.807) is 6.20 Å². The minimum absolute atomic E-state index is 0.0242. The molecule has 5 nitrogen and oxygen atoms in total. The first-order chi connectivity index (χ1) is 6.70. The second kappa shape index (κ2) is 5.31. The Bertz CT molecular complexity index is 287. The summed E-state index contributed by atoms with van der Waals surface area (Å²) >= 11 is 0. The van der Waals surface area contributed by atoms with Crippen LogP contribution >= 0.6 is 0 Å². The zero-order chi connectivity index (χ0) is 10.4. The average molecular weight is 195 g/mol. The fraction of sp³-hybridized carbons (Fsp3) is 0.333. The van der Waals surface area contributed by atoms with Gasteiger partial charge in [0.25, 0.3) is 5.91 Å². The molecule has 0 spiro atoms. The molecule has 0 unspecified atom stereocenters. The number of hydrogen-bond donors (Lipinski definition) is 1. The van der Waals surface area contributed by atoms with Gasteiger partial charge in [0.05, 0.1) is 12.3 Å². The highest BCUT2D eigenvalue weighted by atomic mass is 16.5. The topological polar surface area (TPSA) is 68.5 Å². The van der Waals surface area contributed by atoms with Gasteiger partial charge < -0.3 is 4.74 Å². The number of nitrogens with zero attached hydrogens (tertiary/aromatic N) is 2. The van der Waals surface area contributed by atoms with Gasteiger partial charge in [-0.15, -0.1) is 0 Å². The maximum Gasteiger partial charge on any atom is 0.262 e. The standard InChI is InChI=1S/C9H13N3O2/c1-12(10)9(13)7-14-6-8-4-2-3-5-11-8/h2-5H,6-7,10H2,1H3. The van der Waals surface area contributed by atoms with Crippen molar-refractivity contribution < 1.29 is 9.53 Å². The zero-order valence-corrected chi connectivity index (χ0v) is 8.01. The van der Waals surface area contributed by atoms with E-state index in [9.17, 15) is 4.79 Å². The van der Waals surface area contributed by atoms with E-state index in [-0.39, 0.29) is 12.5 Å². The number of carbonyl (C=O) groups excluding carboxylic acids is 1. The third kappa shape index (κ3) is 3.51. The van der Waals surface area contributed by atoms with Crippen molar-refractivity contribution in [1.82, 2.24) is 9.99 Å². The first-order valence-electron chi connectivity index (χ1n) is 4.19. The van der Waals surface area contributed by atoms with Crippen molar-refractivity contribution in [2.45, 2.75) is 6.61 Å². The van der Waals surface area contributed by atoms with E-state index < -0.39 is 0 Å². The fourth-order valence-corrected chi connectivity index (χ4v) is 0.828. The number of hydrogen-bond acceptors (Lipinski definition) is 4. The summed E-state index contributed by atoms with van der Waals surface area (Å²) in [5, 5.41) is 0.998. The second-order valence-electron chi connectivity index (χ2n) is 2.82. The molecule has 0 bridgehead atoms. The molecule has 0 aliphatic heterocycles. The van der Waals surface area contributed by atoms with Gasteiger partial charge in [-0.1, -0.05) is 6.07 Å². The molecule has 1 rings (SSSR count). The number of nitrogens with two attached hydrogens (primary N) is 1. The summed E-state index contributed by atoms with van der Waals surface area (Å²) < 4.78 is 5.11. The SMILES string of the molecule is CN(N)C(=O)COCc1ccccn1. The number of likely N-dealkylation sites (N-methyl/N-ethyl adjacent to an activating group) is 1. The van der Waals surface area contributed by atoms with Crippen molar-refractivity contribution in [1.29, 1.82) is 0 Å². The van der Waals surface area contributed by atoms with Crippen LogP contribution in [0.15, 0.2) is 24.4 Å². The van der Waals surface area contributed by atoms with Crippen LogP contribution in [0.1, 0.15) is 5.69 Å². The predicted molar refractivity (Wildman–Crippen MR) is 50.9 cm³/mol. The van der Waals surface area contributed by atoms with E-state index >= 15 is 0 Å². The number of rotatable bonds is 4. The Morgan fingerprint density at radius 1 is 1.64 bits per heavy atom. The van der Waals surface area contributed by atoms with Crippen LogP contribution in [0, 0.1) is 0 Å². The summed E-state index contributed by atoms with van der Waals surface area (Å²) in [5.41, 5.74) is 0.792. The summed E-state index contributed by atoms with van der Waals surface area (Å²) in [6.07, 6.45) is 1.68. The summed E-state index contributed by atoms with van der Waals surface area (Å²) in [4.78, 5) is 15.0. The van der Waals surface area contributed by atoms with Gasteiger partial charge in [0.15, 0.2) is 0 Å². The molecular weight excluding hydrogens is 182 g/mol. The predicted octanol–water partition coefficient (Wildman–Crippen LogP) is -0.0697. The van der Waals surface area contributed by atoms with Gasteiger partial charge >= 0.3 is 0 Å². The number of hydrazine groups is 1. The van der Waals surface area contributed by atoms with Crippen LogP contribution in [0.3, 0.4) is 0 Å². The van der Waals surface area contributed by atoms with E-state index in [4.69, 9.17) is 10.6 Å². The Morgan fingerprint density at radius 3 is 3.00 bits per heavy atom. The minimum atomic E-state index is -0.263. The third-order valence-electron chi connectivity index (χ3n) is 1.60. The van der Waals surface area contributed by atoms with Crippen LogP contribution in [0.4, 0.5) is 0 Å². The Morgan fingerprint density at radius 2 is 2.43 bits per heavy atom. The molecule has 0 aliphatic carbocycles. The summed E-state index contributed by atoms with van der Waals surface area (Å²) in [5.74, 6) is 4.94. The Balaban J connectivity index is 2.26. The van der Waals surface area contributed by atoms with Gasteiger partial charge in [0.1, 0.15) is 6.61 Å². The lowest BCUT2D eigenvalue weighted by Gasteiger charge is -2.09. The number of aromatic nitrogens is 1. The van der Waals surface area contributed by atoms with Crippen LogP contribution in [0.25, 0.3) is 0 Å². The van der Waals surface area contributed by atoms with E-state index in [0.29, 0.717) is 6.61 Å². The molecule has 1 aromatic heterocycles. The first kappa shape index (κ1) is 10.6. The van der Waals surface area contributed by atoms with E-state index in [2.05, 4.69) is 4.98 Å². The molecule has 0 atom stereocenters. The highest BCUT2D eigenvalue weighted by Crippen LogP contribution is 1.95. The van der Waals surface area contributed by atoms with Crippen molar-refractivity contribution in [3.8, 4) is 0 Å². The molecule has 0 radical (unpaired) electrons. The van der Waals surface area contributed by atoms with Crippen LogP contribution in [-0.4, -0.2) is 29.6 Å².